The molecular formula is C18H30N2O. The van der Waals surface area contributed by atoms with Crippen molar-refractivity contribution >= 4 is 5.91 Å². The summed E-state index contributed by atoms with van der Waals surface area (Å²) in [4.78, 5) is 12.3. The van der Waals surface area contributed by atoms with Gasteiger partial charge in [-0.1, -0.05) is 65.0 Å². The van der Waals surface area contributed by atoms with Crippen LogP contribution in [0.3, 0.4) is 0 Å². The number of hydrogen-bond donors (Lipinski definition) is 2. The molecule has 0 aliphatic rings. The first-order chi connectivity index (χ1) is 9.69. The molecule has 1 amide bonds. The number of nitrogens with two attached hydrogens (primary N) is 1. The molecule has 2 atom stereocenters. The summed E-state index contributed by atoms with van der Waals surface area (Å²) in [6.07, 6.45) is 1.60. The van der Waals surface area contributed by atoms with Crippen molar-refractivity contribution in [1.82, 2.24) is 5.32 Å². The van der Waals surface area contributed by atoms with Gasteiger partial charge in [0.1, 0.15) is 0 Å². The van der Waals surface area contributed by atoms with Crippen molar-refractivity contribution in [2.24, 2.45) is 17.1 Å². The second kappa shape index (κ2) is 7.60. The lowest BCUT2D eigenvalue weighted by Crippen LogP contribution is -2.43. The summed E-state index contributed by atoms with van der Waals surface area (Å²) in [6, 6.07) is 9.70. The molecule has 21 heavy (non-hydrogen) atoms. The third kappa shape index (κ3) is 6.76. The quantitative estimate of drug-likeness (QED) is 0.840. The van der Waals surface area contributed by atoms with Crippen molar-refractivity contribution in [3.8, 4) is 0 Å². The molecule has 3 N–H and O–H groups in total. The number of hydrogen-bond acceptors (Lipinski definition) is 2. The second-order valence-electron chi connectivity index (χ2n) is 7.47. The van der Waals surface area contributed by atoms with E-state index in [-0.39, 0.29) is 17.4 Å². The van der Waals surface area contributed by atoms with Gasteiger partial charge in [-0.3, -0.25) is 4.79 Å². The van der Waals surface area contributed by atoms with Crippen LogP contribution in [-0.4, -0.2) is 11.9 Å². The minimum atomic E-state index is -0.434. The highest BCUT2D eigenvalue weighted by Gasteiger charge is 2.24. The van der Waals surface area contributed by atoms with E-state index in [1.54, 1.807) is 0 Å². The molecule has 0 heterocycles. The van der Waals surface area contributed by atoms with Gasteiger partial charge in [0.15, 0.2) is 0 Å². The molecular weight excluding hydrogens is 260 g/mol. The van der Waals surface area contributed by atoms with Crippen LogP contribution < -0.4 is 11.1 Å². The average Bonchev–Trinajstić information content (AvgIpc) is 2.36. The minimum absolute atomic E-state index is 0.0110. The SMILES string of the molecule is CC(C)CC(N)C(=O)NC(CC(C)(C)C)c1ccccc1. The predicted octanol–water partition coefficient (Wildman–Crippen LogP) is 3.65. The highest BCUT2D eigenvalue weighted by atomic mass is 16.2. The van der Waals surface area contributed by atoms with Crippen molar-refractivity contribution in [1.29, 1.82) is 0 Å². The van der Waals surface area contributed by atoms with Gasteiger partial charge < -0.3 is 11.1 Å². The Morgan fingerprint density at radius 3 is 2.24 bits per heavy atom. The van der Waals surface area contributed by atoms with Gasteiger partial charge in [-0.15, -0.1) is 0 Å². The smallest absolute Gasteiger partial charge is 0.237 e. The van der Waals surface area contributed by atoms with Gasteiger partial charge in [-0.25, -0.2) is 0 Å². The number of amides is 1. The Morgan fingerprint density at radius 2 is 1.76 bits per heavy atom. The van der Waals surface area contributed by atoms with Gasteiger partial charge in [-0.2, -0.15) is 0 Å². The summed E-state index contributed by atoms with van der Waals surface area (Å²) in [6.45, 7) is 10.7. The molecule has 0 radical (unpaired) electrons. The van der Waals surface area contributed by atoms with E-state index in [0.717, 1.165) is 12.0 Å². The summed E-state index contributed by atoms with van der Waals surface area (Å²) >= 11 is 0. The van der Waals surface area contributed by atoms with E-state index < -0.39 is 6.04 Å². The Balaban J connectivity index is 2.81. The van der Waals surface area contributed by atoms with Crippen molar-refractivity contribution in [3.05, 3.63) is 35.9 Å². The van der Waals surface area contributed by atoms with Crippen LogP contribution in [-0.2, 0) is 4.79 Å². The van der Waals surface area contributed by atoms with E-state index in [4.69, 9.17) is 5.73 Å². The van der Waals surface area contributed by atoms with Crippen LogP contribution in [0.4, 0.5) is 0 Å². The highest BCUT2D eigenvalue weighted by Crippen LogP contribution is 2.29. The number of benzene rings is 1. The summed E-state index contributed by atoms with van der Waals surface area (Å²) in [7, 11) is 0. The molecule has 0 bridgehead atoms. The van der Waals surface area contributed by atoms with Crippen LogP contribution in [0.5, 0.6) is 0 Å². The molecule has 0 aliphatic heterocycles. The topological polar surface area (TPSA) is 55.1 Å². The molecule has 1 aromatic rings. The van der Waals surface area contributed by atoms with Gasteiger partial charge in [0.05, 0.1) is 12.1 Å². The predicted molar refractivity (Wildman–Crippen MR) is 88.8 cm³/mol. The molecule has 0 fully saturated rings. The van der Waals surface area contributed by atoms with E-state index in [2.05, 4.69) is 52.1 Å². The van der Waals surface area contributed by atoms with Gasteiger partial charge in [-0.05, 0) is 29.7 Å². The Hall–Kier alpha value is -1.35. The van der Waals surface area contributed by atoms with Crippen molar-refractivity contribution in [3.63, 3.8) is 0 Å². The van der Waals surface area contributed by atoms with E-state index in [1.807, 2.05) is 18.2 Å². The molecule has 0 saturated heterocycles. The summed E-state index contributed by atoms with van der Waals surface area (Å²) in [5, 5.41) is 3.13. The highest BCUT2D eigenvalue weighted by molar-refractivity contribution is 5.81. The molecule has 1 rings (SSSR count). The molecule has 3 nitrogen and oxygen atoms in total. The number of carbonyl (C=O) groups is 1. The fourth-order valence-corrected chi connectivity index (χ4v) is 2.44. The zero-order chi connectivity index (χ0) is 16.0. The van der Waals surface area contributed by atoms with Gasteiger partial charge >= 0.3 is 0 Å². The monoisotopic (exact) mass is 290 g/mol. The number of rotatable bonds is 6. The summed E-state index contributed by atoms with van der Waals surface area (Å²) < 4.78 is 0. The molecule has 3 heteroatoms. The molecule has 0 aliphatic carbocycles. The Kier molecular flexibility index (Phi) is 6.41. The lowest BCUT2D eigenvalue weighted by atomic mass is 9.85. The Labute approximate surface area is 129 Å². The minimum Gasteiger partial charge on any atom is -0.348 e. The first-order valence-corrected chi connectivity index (χ1v) is 7.80. The molecule has 2 unspecified atom stereocenters. The van der Waals surface area contributed by atoms with Crippen LogP contribution in [0.25, 0.3) is 0 Å². The van der Waals surface area contributed by atoms with E-state index in [9.17, 15) is 4.79 Å². The normalized spacial score (nSPS) is 14.8. The Bertz CT molecular complexity index is 434. The first kappa shape index (κ1) is 17.7. The largest absolute Gasteiger partial charge is 0.348 e. The maximum Gasteiger partial charge on any atom is 0.237 e. The van der Waals surface area contributed by atoms with Gasteiger partial charge in [0.25, 0.3) is 0 Å². The fourth-order valence-electron chi connectivity index (χ4n) is 2.44. The zero-order valence-electron chi connectivity index (χ0n) is 14.0. The van der Waals surface area contributed by atoms with E-state index in [1.165, 1.54) is 0 Å². The summed E-state index contributed by atoms with van der Waals surface area (Å²) in [5.74, 6) is 0.366. The molecule has 118 valence electrons. The van der Waals surface area contributed by atoms with E-state index >= 15 is 0 Å². The molecule has 0 saturated carbocycles. The standard InChI is InChI=1S/C18H30N2O/c1-13(2)11-15(19)17(21)20-16(12-18(3,4)5)14-9-7-6-8-10-14/h6-10,13,15-16H,11-12,19H2,1-5H3,(H,20,21). The second-order valence-corrected chi connectivity index (χ2v) is 7.47. The first-order valence-electron chi connectivity index (χ1n) is 7.80. The van der Waals surface area contributed by atoms with Crippen molar-refractivity contribution in [2.75, 3.05) is 0 Å². The molecule has 1 aromatic carbocycles. The molecule has 0 aromatic heterocycles. The third-order valence-electron chi connectivity index (χ3n) is 3.40. The van der Waals surface area contributed by atoms with Crippen LogP contribution in [0.1, 0.15) is 59.1 Å². The maximum atomic E-state index is 12.3. The fraction of sp³-hybridized carbons (Fsp3) is 0.611. The lowest BCUT2D eigenvalue weighted by molar-refractivity contribution is -0.123. The Morgan fingerprint density at radius 1 is 1.19 bits per heavy atom. The van der Waals surface area contributed by atoms with Crippen LogP contribution in [0.15, 0.2) is 30.3 Å². The summed E-state index contributed by atoms with van der Waals surface area (Å²) in [5.41, 5.74) is 7.27. The maximum absolute atomic E-state index is 12.3. The van der Waals surface area contributed by atoms with Crippen molar-refractivity contribution in [2.45, 2.75) is 59.5 Å². The van der Waals surface area contributed by atoms with Crippen molar-refractivity contribution < 1.29 is 4.79 Å². The molecule has 0 spiro atoms. The van der Waals surface area contributed by atoms with Crippen LogP contribution in [0, 0.1) is 11.3 Å². The third-order valence-corrected chi connectivity index (χ3v) is 3.40. The van der Waals surface area contributed by atoms with Crippen LogP contribution >= 0.6 is 0 Å². The average molecular weight is 290 g/mol. The lowest BCUT2D eigenvalue weighted by Gasteiger charge is -2.28. The zero-order valence-corrected chi connectivity index (χ0v) is 14.0. The van der Waals surface area contributed by atoms with Gasteiger partial charge in [0.2, 0.25) is 5.91 Å². The van der Waals surface area contributed by atoms with Gasteiger partial charge in [0, 0.05) is 0 Å². The number of nitrogens with one attached hydrogen (secondary N) is 1. The van der Waals surface area contributed by atoms with E-state index in [0.29, 0.717) is 12.3 Å². The number of carbonyl (C=O) groups excluding carboxylic acids is 1. The van der Waals surface area contributed by atoms with Crippen LogP contribution in [0.2, 0.25) is 0 Å².